The molecule has 0 spiro atoms. The third-order valence-corrected chi connectivity index (χ3v) is 13.4. The number of nitrogens with one attached hydrogen (secondary N) is 4. The van der Waals surface area contributed by atoms with E-state index in [1.165, 1.54) is 97.1 Å². The second-order valence-corrected chi connectivity index (χ2v) is 19.1. The van der Waals surface area contributed by atoms with Gasteiger partial charge in [0.1, 0.15) is 21.3 Å². The molecule has 0 aliphatic heterocycles. The minimum atomic E-state index is -2.59. The molecule has 1 aliphatic rings. The number of hydrogen-bond acceptors (Lipinski definition) is 12. The third kappa shape index (κ3) is 11.3. The number of carbonyl (C=O) groups excluding carboxylic acids is 6. The lowest BCUT2D eigenvalue weighted by Crippen LogP contribution is -2.86. The van der Waals surface area contributed by atoms with Crippen LogP contribution in [0, 0.1) is 0 Å². The number of thiophene rings is 2. The lowest BCUT2D eigenvalue weighted by Gasteiger charge is -2.64. The number of aliphatic carboxylic acids is 2. The van der Waals surface area contributed by atoms with Crippen molar-refractivity contribution in [3.63, 3.8) is 0 Å². The van der Waals surface area contributed by atoms with Gasteiger partial charge in [0.25, 0.3) is 11.8 Å². The Bertz CT molecular complexity index is 2850. The first-order valence-corrected chi connectivity index (χ1v) is 24.1. The van der Waals surface area contributed by atoms with Crippen molar-refractivity contribution in [3.8, 4) is 11.5 Å². The maximum absolute atomic E-state index is 14.6. The number of carbonyl (C=O) groups is 8. The number of hydrogen-bond donors (Lipinski definition) is 6. The molecule has 368 valence electrons. The Balaban J connectivity index is 1.33. The van der Waals surface area contributed by atoms with Crippen LogP contribution in [0.1, 0.15) is 104 Å². The monoisotopic (exact) mass is 1010 g/mol. The largest absolute Gasteiger partial charge is 0.479 e. The molecular formula is C54H48N4O12S2. The summed E-state index contributed by atoms with van der Waals surface area (Å²) in [6, 6.07) is 28.4. The molecule has 16 nitrogen and oxygen atoms in total. The van der Waals surface area contributed by atoms with Gasteiger partial charge in [0.05, 0.1) is 11.8 Å². The molecule has 4 aromatic carbocycles. The second kappa shape index (κ2) is 22.1. The van der Waals surface area contributed by atoms with Gasteiger partial charge in [0, 0.05) is 35.3 Å². The fraction of sp³-hybridized carbons (Fsp3) is 0.185. The highest BCUT2D eigenvalue weighted by molar-refractivity contribution is 7.12. The van der Waals surface area contributed by atoms with E-state index in [2.05, 4.69) is 21.3 Å². The second-order valence-electron chi connectivity index (χ2n) is 17.2. The summed E-state index contributed by atoms with van der Waals surface area (Å²) in [5, 5.41) is 37.4. The van der Waals surface area contributed by atoms with Gasteiger partial charge in [-0.15, -0.1) is 22.7 Å². The molecule has 72 heavy (non-hydrogen) atoms. The van der Waals surface area contributed by atoms with Gasteiger partial charge in [0.2, 0.25) is 11.8 Å². The summed E-state index contributed by atoms with van der Waals surface area (Å²) in [6.45, 7) is 7.41. The van der Waals surface area contributed by atoms with Crippen LogP contribution in [0.2, 0.25) is 0 Å². The number of rotatable bonds is 18. The van der Waals surface area contributed by atoms with Gasteiger partial charge in [0.15, 0.2) is 11.1 Å². The molecule has 0 saturated heterocycles. The lowest BCUT2D eigenvalue weighted by molar-refractivity contribution is -0.171. The summed E-state index contributed by atoms with van der Waals surface area (Å²) >= 11 is 2.29. The predicted molar refractivity (Wildman–Crippen MR) is 271 cm³/mol. The molecule has 6 N–H and O–H groups in total. The maximum Gasteiger partial charge on any atom is 0.353 e. The average Bonchev–Trinajstić information content (AvgIpc) is 4.10. The minimum absolute atomic E-state index is 0.00192. The minimum Gasteiger partial charge on any atom is -0.479 e. The molecule has 2 aromatic heterocycles. The van der Waals surface area contributed by atoms with E-state index in [-0.39, 0.29) is 58.4 Å². The Kier molecular flexibility index (Phi) is 15.8. The van der Waals surface area contributed by atoms with Gasteiger partial charge in [-0.1, -0.05) is 59.7 Å². The molecule has 0 unspecified atom stereocenters. The van der Waals surface area contributed by atoms with Crippen molar-refractivity contribution in [1.82, 2.24) is 10.6 Å². The van der Waals surface area contributed by atoms with Crippen molar-refractivity contribution >= 4 is 81.6 Å². The number of amides is 4. The van der Waals surface area contributed by atoms with Crippen LogP contribution in [0.15, 0.2) is 155 Å². The lowest BCUT2D eigenvalue weighted by atomic mass is 9.43. The molecule has 18 heteroatoms. The average molecular weight is 1010 g/mol. The Morgan fingerprint density at radius 1 is 0.514 bits per heavy atom. The highest BCUT2D eigenvalue weighted by Crippen LogP contribution is 2.63. The van der Waals surface area contributed by atoms with Gasteiger partial charge in [-0.3, -0.25) is 19.2 Å². The highest BCUT2D eigenvalue weighted by Gasteiger charge is 2.80. The molecular weight excluding hydrogens is 961 g/mol. The van der Waals surface area contributed by atoms with Gasteiger partial charge in [-0.05, 0) is 135 Å². The molecule has 1 aliphatic carbocycles. The molecule has 1 saturated carbocycles. The van der Waals surface area contributed by atoms with Crippen LogP contribution in [0.4, 0.5) is 11.4 Å². The zero-order chi connectivity index (χ0) is 51.7. The topological polar surface area (TPSA) is 244 Å². The number of carboxylic acids is 2. The smallest absolute Gasteiger partial charge is 0.353 e. The SMILES string of the molecule is CC(C)=CCC(=O)Nc1ccc(C(=O)NC2(C(=O)O)C(c3ccc(OC(=O)c4cccs4)cc3)C(NC(=O)c3ccc(NC(=O)CC=C(C)C)cc3)(C(=O)O)C2c2ccc(OC(=O)c3cccs3)cc2)cc1. The van der Waals surface area contributed by atoms with Crippen molar-refractivity contribution in [2.75, 3.05) is 10.6 Å². The summed E-state index contributed by atoms with van der Waals surface area (Å²) in [5.41, 5.74) is -2.74. The molecule has 0 bridgehead atoms. The van der Waals surface area contributed by atoms with Crippen molar-refractivity contribution in [1.29, 1.82) is 0 Å². The highest BCUT2D eigenvalue weighted by atomic mass is 32.1. The van der Waals surface area contributed by atoms with Gasteiger partial charge in [-0.2, -0.15) is 0 Å². The summed E-state index contributed by atoms with van der Waals surface area (Å²) in [4.78, 5) is 109. The van der Waals surface area contributed by atoms with Crippen molar-refractivity contribution < 1.29 is 58.0 Å². The van der Waals surface area contributed by atoms with E-state index in [4.69, 9.17) is 9.47 Å². The van der Waals surface area contributed by atoms with Crippen LogP contribution in [-0.4, -0.2) is 68.8 Å². The Hall–Kier alpha value is -8.48. The Labute approximate surface area is 421 Å². The molecule has 6 aromatic rings. The summed E-state index contributed by atoms with van der Waals surface area (Å²) < 4.78 is 11.1. The van der Waals surface area contributed by atoms with Gasteiger partial charge < -0.3 is 41.0 Å². The quantitative estimate of drug-likeness (QED) is 0.0268. The van der Waals surface area contributed by atoms with Crippen LogP contribution in [0.3, 0.4) is 0 Å². The Morgan fingerprint density at radius 2 is 0.861 bits per heavy atom. The molecule has 7 rings (SSSR count). The summed E-state index contributed by atoms with van der Waals surface area (Å²) in [6.07, 6.45) is 3.70. The molecule has 1 fully saturated rings. The molecule has 0 radical (unpaired) electrons. The number of allylic oxidation sites excluding steroid dienone is 2. The van der Waals surface area contributed by atoms with Crippen LogP contribution >= 0.6 is 22.7 Å². The van der Waals surface area contributed by atoms with Crippen LogP contribution in [0.25, 0.3) is 0 Å². The van der Waals surface area contributed by atoms with Crippen molar-refractivity contribution in [2.24, 2.45) is 0 Å². The number of ether oxygens (including phenoxy) is 2. The normalized spacial score (nSPS) is 17.7. The van der Waals surface area contributed by atoms with Crippen LogP contribution < -0.4 is 30.7 Å². The van der Waals surface area contributed by atoms with Crippen molar-refractivity contribution in [3.05, 3.63) is 187 Å². The summed E-state index contributed by atoms with van der Waals surface area (Å²) in [5.74, 6) is -10.9. The van der Waals surface area contributed by atoms with Crippen LogP contribution in [-0.2, 0) is 19.2 Å². The standard InChI is InChI=1S/C54H48N4O12S2/c1-31(2)9-27-43(59)55-37-19-11-35(12-20-37)47(61)57-53(51(65)66)45(33-15-23-39(24-16-33)69-49(63)41-7-5-29-71-41)54(52(67)68,46(53)34-17-25-40(26-18-34)70-50(64)42-8-6-30-72-42)58-48(62)36-13-21-38(22-14-36)56-44(60)28-10-32(3)4/h5-26,29-30,45-46H,27-28H2,1-4H3,(H,55,59)(H,56,60)(H,57,61)(H,58,62)(H,65,66)(H,67,68). The van der Waals surface area contributed by atoms with E-state index < -0.39 is 58.6 Å². The van der Waals surface area contributed by atoms with E-state index in [9.17, 15) is 48.6 Å². The first kappa shape index (κ1) is 51.4. The fourth-order valence-corrected chi connectivity index (χ4v) is 9.60. The Morgan fingerprint density at radius 3 is 1.15 bits per heavy atom. The first-order valence-electron chi connectivity index (χ1n) is 22.3. The number of benzene rings is 4. The predicted octanol–water partition coefficient (Wildman–Crippen LogP) is 9.23. The van der Waals surface area contributed by atoms with E-state index in [0.29, 0.717) is 21.1 Å². The third-order valence-electron chi connectivity index (χ3n) is 11.7. The van der Waals surface area contributed by atoms with Gasteiger partial charge in [-0.25, -0.2) is 19.2 Å². The van der Waals surface area contributed by atoms with Gasteiger partial charge >= 0.3 is 23.9 Å². The van der Waals surface area contributed by atoms with Crippen LogP contribution in [0.5, 0.6) is 11.5 Å². The van der Waals surface area contributed by atoms with E-state index >= 15 is 0 Å². The van der Waals surface area contributed by atoms with E-state index in [1.54, 1.807) is 47.2 Å². The molecule has 4 amide bonds. The first-order chi connectivity index (χ1) is 34.4. The number of anilines is 2. The summed E-state index contributed by atoms with van der Waals surface area (Å²) in [7, 11) is 0. The zero-order valence-electron chi connectivity index (χ0n) is 39.2. The van der Waals surface area contributed by atoms with E-state index in [1.807, 2.05) is 27.7 Å². The number of carboxylic acid groups (broad SMARTS) is 2. The molecule has 2 heterocycles. The maximum atomic E-state index is 14.6. The zero-order valence-corrected chi connectivity index (χ0v) is 40.9. The van der Waals surface area contributed by atoms with Crippen molar-refractivity contribution in [2.45, 2.75) is 63.5 Å². The number of esters is 2. The molecule has 0 atom stereocenters. The fourth-order valence-electron chi connectivity index (χ4n) is 8.40. The van der Waals surface area contributed by atoms with E-state index in [0.717, 1.165) is 33.8 Å².